The van der Waals surface area contributed by atoms with Crippen molar-refractivity contribution in [2.45, 2.75) is 11.1 Å². The first kappa shape index (κ1) is 20.7. The highest BCUT2D eigenvalue weighted by Crippen LogP contribution is 2.32. The van der Waals surface area contributed by atoms with Gasteiger partial charge in [-0.05, 0) is 30.3 Å². The Bertz CT molecular complexity index is 1110. The SMILES string of the molecule is N[C@H](Nc1ccc(S(=O)(=O)Nc2cscn2)c(F)c1Cl)c1cc(Cl)ccc1F. The van der Waals surface area contributed by atoms with Crippen LogP contribution in [0.2, 0.25) is 10.0 Å². The van der Waals surface area contributed by atoms with Crippen molar-refractivity contribution in [1.29, 1.82) is 0 Å². The van der Waals surface area contributed by atoms with E-state index >= 15 is 0 Å². The van der Waals surface area contributed by atoms with Crippen LogP contribution in [0.25, 0.3) is 0 Å². The minimum absolute atomic E-state index is 0.0151. The number of halogens is 4. The first-order valence-electron chi connectivity index (χ1n) is 7.55. The third-order valence-electron chi connectivity index (χ3n) is 3.61. The summed E-state index contributed by atoms with van der Waals surface area (Å²) in [5.74, 6) is -1.75. The van der Waals surface area contributed by atoms with Crippen LogP contribution in [0.5, 0.6) is 0 Å². The topological polar surface area (TPSA) is 97.1 Å². The lowest BCUT2D eigenvalue weighted by Crippen LogP contribution is -2.22. The monoisotopic (exact) mass is 464 g/mol. The number of hydrogen-bond donors (Lipinski definition) is 3. The van der Waals surface area contributed by atoms with Crippen molar-refractivity contribution in [2.75, 3.05) is 10.0 Å². The molecule has 0 spiro atoms. The Morgan fingerprint density at radius 2 is 1.93 bits per heavy atom. The molecule has 0 aliphatic carbocycles. The average Bonchev–Trinajstić information content (AvgIpc) is 3.13. The molecule has 3 rings (SSSR count). The summed E-state index contributed by atoms with van der Waals surface area (Å²) in [6.07, 6.45) is -1.11. The van der Waals surface area contributed by atoms with E-state index in [4.69, 9.17) is 28.9 Å². The summed E-state index contributed by atoms with van der Waals surface area (Å²) in [6.45, 7) is 0. The number of hydrogen-bond acceptors (Lipinski definition) is 6. The van der Waals surface area contributed by atoms with E-state index in [1.54, 1.807) is 0 Å². The Kier molecular flexibility index (Phi) is 6.06. The van der Waals surface area contributed by atoms with E-state index < -0.39 is 37.7 Å². The van der Waals surface area contributed by atoms with Crippen LogP contribution in [0.4, 0.5) is 20.3 Å². The molecular formula is C16H12Cl2F2N4O2S2. The summed E-state index contributed by atoms with van der Waals surface area (Å²) >= 11 is 13.0. The van der Waals surface area contributed by atoms with E-state index in [1.807, 2.05) is 0 Å². The Morgan fingerprint density at radius 1 is 1.18 bits per heavy atom. The van der Waals surface area contributed by atoms with Crippen LogP contribution in [0.1, 0.15) is 11.7 Å². The molecule has 0 amide bonds. The Hall–Kier alpha value is -1.98. The minimum atomic E-state index is -4.25. The molecule has 1 heterocycles. The number of sulfonamides is 1. The van der Waals surface area contributed by atoms with Gasteiger partial charge >= 0.3 is 0 Å². The van der Waals surface area contributed by atoms with Crippen LogP contribution in [-0.4, -0.2) is 13.4 Å². The third-order valence-corrected chi connectivity index (χ3v) is 6.18. The maximum atomic E-state index is 14.6. The normalized spacial score (nSPS) is 12.6. The second-order valence-electron chi connectivity index (χ2n) is 5.51. The molecule has 1 aromatic heterocycles. The molecule has 0 unspecified atom stereocenters. The molecule has 12 heteroatoms. The van der Waals surface area contributed by atoms with Crippen LogP contribution in [0.15, 0.2) is 46.1 Å². The number of rotatable bonds is 6. The fourth-order valence-corrected chi connectivity index (χ4v) is 4.40. The highest BCUT2D eigenvalue weighted by molar-refractivity contribution is 7.92. The highest BCUT2D eigenvalue weighted by atomic mass is 35.5. The van der Waals surface area contributed by atoms with E-state index in [2.05, 4.69) is 15.0 Å². The molecular weight excluding hydrogens is 453 g/mol. The van der Waals surface area contributed by atoms with Gasteiger partial charge in [0.25, 0.3) is 10.0 Å². The second kappa shape index (κ2) is 8.18. The summed E-state index contributed by atoms with van der Waals surface area (Å²) < 4.78 is 55.4. The Labute approximate surface area is 173 Å². The van der Waals surface area contributed by atoms with Crippen LogP contribution < -0.4 is 15.8 Å². The van der Waals surface area contributed by atoms with Gasteiger partial charge in [0.15, 0.2) is 11.6 Å². The van der Waals surface area contributed by atoms with Gasteiger partial charge in [-0.15, -0.1) is 11.3 Å². The number of benzene rings is 2. The summed E-state index contributed by atoms with van der Waals surface area (Å²) in [5, 5.41) is 3.84. The summed E-state index contributed by atoms with van der Waals surface area (Å²) in [6, 6.07) is 6.05. The zero-order chi connectivity index (χ0) is 20.5. The van der Waals surface area contributed by atoms with Gasteiger partial charge in [0.1, 0.15) is 21.9 Å². The maximum Gasteiger partial charge on any atom is 0.266 e. The fraction of sp³-hybridized carbons (Fsp3) is 0.0625. The molecule has 2 aromatic carbocycles. The fourth-order valence-electron chi connectivity index (χ4n) is 2.30. The van der Waals surface area contributed by atoms with Gasteiger partial charge in [0, 0.05) is 16.0 Å². The molecule has 0 saturated carbocycles. The van der Waals surface area contributed by atoms with Gasteiger partial charge in [-0.3, -0.25) is 4.72 Å². The van der Waals surface area contributed by atoms with Crippen molar-refractivity contribution in [2.24, 2.45) is 5.73 Å². The van der Waals surface area contributed by atoms with Crippen LogP contribution in [-0.2, 0) is 10.0 Å². The van der Waals surface area contributed by atoms with Crippen molar-refractivity contribution >= 4 is 56.1 Å². The highest BCUT2D eigenvalue weighted by Gasteiger charge is 2.24. The van der Waals surface area contributed by atoms with Gasteiger partial charge < -0.3 is 11.1 Å². The predicted octanol–water partition coefficient (Wildman–Crippen LogP) is 4.60. The number of aromatic nitrogens is 1. The zero-order valence-electron chi connectivity index (χ0n) is 13.8. The van der Waals surface area contributed by atoms with E-state index in [1.165, 1.54) is 40.4 Å². The smallest absolute Gasteiger partial charge is 0.266 e. The molecule has 28 heavy (non-hydrogen) atoms. The molecule has 148 valence electrons. The average molecular weight is 465 g/mol. The van der Waals surface area contributed by atoms with E-state index in [-0.39, 0.29) is 22.1 Å². The van der Waals surface area contributed by atoms with Crippen LogP contribution in [0.3, 0.4) is 0 Å². The first-order valence-corrected chi connectivity index (χ1v) is 10.7. The van der Waals surface area contributed by atoms with Crippen LogP contribution >= 0.6 is 34.5 Å². The van der Waals surface area contributed by atoms with Crippen molar-refractivity contribution in [3.8, 4) is 0 Å². The third kappa shape index (κ3) is 4.36. The number of thiazole rings is 1. The second-order valence-corrected chi connectivity index (χ2v) is 8.69. The minimum Gasteiger partial charge on any atom is -0.365 e. The molecule has 6 nitrogen and oxygen atoms in total. The largest absolute Gasteiger partial charge is 0.365 e. The van der Waals surface area contributed by atoms with Gasteiger partial charge in [-0.1, -0.05) is 23.2 Å². The Balaban J connectivity index is 1.89. The summed E-state index contributed by atoms with van der Waals surface area (Å²) in [7, 11) is -4.25. The molecule has 0 bridgehead atoms. The lowest BCUT2D eigenvalue weighted by atomic mass is 10.1. The summed E-state index contributed by atoms with van der Waals surface area (Å²) in [4.78, 5) is 3.11. The molecule has 0 fully saturated rings. The number of anilines is 2. The van der Waals surface area contributed by atoms with E-state index in [9.17, 15) is 17.2 Å². The lowest BCUT2D eigenvalue weighted by Gasteiger charge is -2.18. The van der Waals surface area contributed by atoms with Crippen molar-refractivity contribution in [3.63, 3.8) is 0 Å². The molecule has 3 aromatic rings. The van der Waals surface area contributed by atoms with Crippen molar-refractivity contribution in [3.05, 3.63) is 68.5 Å². The quantitative estimate of drug-likeness (QED) is 0.463. The van der Waals surface area contributed by atoms with Gasteiger partial charge in [-0.2, -0.15) is 0 Å². The summed E-state index contributed by atoms with van der Waals surface area (Å²) in [5.41, 5.74) is 7.34. The molecule has 0 aliphatic heterocycles. The predicted molar refractivity (Wildman–Crippen MR) is 106 cm³/mol. The maximum absolute atomic E-state index is 14.6. The van der Waals surface area contributed by atoms with Crippen molar-refractivity contribution in [1.82, 2.24) is 4.98 Å². The molecule has 0 aliphatic rings. The van der Waals surface area contributed by atoms with E-state index in [0.717, 1.165) is 12.1 Å². The van der Waals surface area contributed by atoms with Gasteiger partial charge in [-0.25, -0.2) is 22.2 Å². The van der Waals surface area contributed by atoms with Gasteiger partial charge in [0.05, 0.1) is 11.2 Å². The number of nitrogens with zero attached hydrogens (tertiary/aromatic N) is 1. The van der Waals surface area contributed by atoms with Crippen LogP contribution in [0, 0.1) is 11.6 Å². The number of nitrogens with one attached hydrogen (secondary N) is 2. The molecule has 4 N–H and O–H groups in total. The molecule has 1 atom stereocenters. The lowest BCUT2D eigenvalue weighted by molar-refractivity contribution is 0.570. The molecule has 0 saturated heterocycles. The Morgan fingerprint density at radius 3 is 2.61 bits per heavy atom. The standard InChI is InChI=1S/C16H12Cl2F2N4O2S2/c17-8-1-2-10(19)9(5-8)16(21)23-11-3-4-12(15(20)14(11)18)28(25,26)24-13-6-27-7-22-13/h1-7,16,23-24H,21H2/t16-/m1/s1. The first-order chi connectivity index (χ1) is 13.2. The number of nitrogens with two attached hydrogens (primary N) is 1. The zero-order valence-corrected chi connectivity index (χ0v) is 16.9. The molecule has 0 radical (unpaired) electrons. The van der Waals surface area contributed by atoms with Crippen molar-refractivity contribution < 1.29 is 17.2 Å². The van der Waals surface area contributed by atoms with E-state index in [0.29, 0.717) is 0 Å². The van der Waals surface area contributed by atoms with Gasteiger partial charge in [0.2, 0.25) is 0 Å².